The molecule has 0 bridgehead atoms. The Bertz CT molecular complexity index is 478. The molecule has 1 saturated heterocycles. The van der Waals surface area contributed by atoms with Crippen LogP contribution in [0.1, 0.15) is 18.9 Å². The lowest BCUT2D eigenvalue weighted by atomic mass is 10.0. The molecule has 1 fully saturated rings. The number of amides is 1. The van der Waals surface area contributed by atoms with E-state index in [2.05, 4.69) is 15.9 Å². The van der Waals surface area contributed by atoms with E-state index in [1.165, 1.54) is 0 Å². The summed E-state index contributed by atoms with van der Waals surface area (Å²) >= 11 is 3.49. The number of hydrogen-bond acceptors (Lipinski definition) is 3. The van der Waals surface area contributed by atoms with Crippen LogP contribution in [0, 0.1) is 6.92 Å². The van der Waals surface area contributed by atoms with Gasteiger partial charge in [-0.3, -0.25) is 4.90 Å². The second-order valence-corrected chi connectivity index (χ2v) is 5.75. The van der Waals surface area contributed by atoms with Crippen molar-refractivity contribution in [3.05, 3.63) is 28.2 Å². The monoisotopic (exact) mass is 312 g/mol. The van der Waals surface area contributed by atoms with Crippen molar-refractivity contribution in [1.82, 2.24) is 0 Å². The molecule has 1 amide bonds. The number of nitrogens with zero attached hydrogens (tertiary/aromatic N) is 1. The minimum absolute atomic E-state index is 0.310. The summed E-state index contributed by atoms with van der Waals surface area (Å²) in [5.41, 5.74) is 7.04. The lowest BCUT2D eigenvalue weighted by Gasteiger charge is -2.21. The van der Waals surface area contributed by atoms with Crippen molar-refractivity contribution >= 4 is 27.7 Å². The van der Waals surface area contributed by atoms with Crippen LogP contribution in [-0.2, 0) is 4.74 Å². The van der Waals surface area contributed by atoms with Crippen molar-refractivity contribution in [3.63, 3.8) is 0 Å². The summed E-state index contributed by atoms with van der Waals surface area (Å²) in [5.74, 6) is 0. The van der Waals surface area contributed by atoms with Gasteiger partial charge >= 0.3 is 6.09 Å². The Labute approximate surface area is 115 Å². The van der Waals surface area contributed by atoms with E-state index in [0.717, 1.165) is 15.7 Å². The fourth-order valence-corrected chi connectivity index (χ4v) is 2.85. The van der Waals surface area contributed by atoms with E-state index in [-0.39, 0.29) is 6.09 Å². The predicted molar refractivity (Wildman–Crippen MR) is 74.8 cm³/mol. The van der Waals surface area contributed by atoms with Crippen molar-refractivity contribution in [2.24, 2.45) is 5.73 Å². The van der Waals surface area contributed by atoms with Crippen molar-refractivity contribution in [1.29, 1.82) is 0 Å². The van der Waals surface area contributed by atoms with E-state index in [1.807, 2.05) is 32.0 Å². The Morgan fingerprint density at radius 2 is 2.28 bits per heavy atom. The molecule has 0 spiro atoms. The first-order chi connectivity index (χ1) is 8.45. The molecule has 2 rings (SSSR count). The third kappa shape index (κ3) is 2.52. The largest absolute Gasteiger partial charge is 0.441 e. The second kappa shape index (κ2) is 4.90. The van der Waals surface area contributed by atoms with Gasteiger partial charge in [-0.2, -0.15) is 0 Å². The number of ether oxygens (including phenoxy) is 1. The van der Waals surface area contributed by atoms with E-state index >= 15 is 0 Å². The number of rotatable bonds is 3. The number of cyclic esters (lactones) is 1. The van der Waals surface area contributed by atoms with Crippen LogP contribution in [0.4, 0.5) is 10.5 Å². The van der Waals surface area contributed by atoms with Crippen LogP contribution in [0.15, 0.2) is 22.7 Å². The van der Waals surface area contributed by atoms with Gasteiger partial charge in [0.15, 0.2) is 0 Å². The lowest BCUT2D eigenvalue weighted by Crippen LogP contribution is -2.33. The number of carbonyl (C=O) groups is 1. The van der Waals surface area contributed by atoms with Gasteiger partial charge in [0.25, 0.3) is 0 Å². The van der Waals surface area contributed by atoms with Gasteiger partial charge in [-0.15, -0.1) is 0 Å². The summed E-state index contributed by atoms with van der Waals surface area (Å²) in [5, 5.41) is 0. The number of anilines is 1. The SMILES string of the molecule is Cc1ccc(N2CC(C)(CCN)OC2=O)c(Br)c1. The number of nitrogens with two attached hydrogens (primary N) is 1. The summed E-state index contributed by atoms with van der Waals surface area (Å²) < 4.78 is 6.33. The number of halogens is 1. The molecule has 1 unspecified atom stereocenters. The molecular weight excluding hydrogens is 296 g/mol. The zero-order chi connectivity index (χ0) is 13.3. The highest BCUT2D eigenvalue weighted by Crippen LogP contribution is 2.34. The summed E-state index contributed by atoms with van der Waals surface area (Å²) in [7, 11) is 0. The molecular formula is C13H17BrN2O2. The number of benzene rings is 1. The maximum Gasteiger partial charge on any atom is 0.415 e. The minimum Gasteiger partial charge on any atom is -0.441 e. The van der Waals surface area contributed by atoms with Gasteiger partial charge in [-0.05, 0) is 54.0 Å². The molecule has 0 radical (unpaired) electrons. The summed E-state index contributed by atoms with van der Waals surface area (Å²) in [6, 6.07) is 5.89. The highest BCUT2D eigenvalue weighted by Gasteiger charge is 2.41. The van der Waals surface area contributed by atoms with Gasteiger partial charge in [0.05, 0.1) is 12.2 Å². The van der Waals surface area contributed by atoms with E-state index in [4.69, 9.17) is 10.5 Å². The third-order valence-electron chi connectivity index (χ3n) is 3.11. The first kappa shape index (κ1) is 13.4. The molecule has 1 aromatic rings. The average molecular weight is 313 g/mol. The molecule has 0 aromatic heterocycles. The fraction of sp³-hybridized carbons (Fsp3) is 0.462. The number of hydrogen-bond donors (Lipinski definition) is 1. The lowest BCUT2D eigenvalue weighted by molar-refractivity contribution is 0.0672. The maximum absolute atomic E-state index is 11.9. The Kier molecular flexibility index (Phi) is 3.64. The molecule has 1 aromatic carbocycles. The van der Waals surface area contributed by atoms with Crippen LogP contribution >= 0.6 is 15.9 Å². The van der Waals surface area contributed by atoms with Gasteiger partial charge in [0.2, 0.25) is 0 Å². The average Bonchev–Trinajstić information content (AvgIpc) is 2.54. The molecule has 2 N–H and O–H groups in total. The van der Waals surface area contributed by atoms with Gasteiger partial charge in [0, 0.05) is 10.9 Å². The molecule has 1 aliphatic heterocycles. The summed E-state index contributed by atoms with van der Waals surface area (Å²) in [6.07, 6.45) is 0.356. The van der Waals surface area contributed by atoms with Gasteiger partial charge < -0.3 is 10.5 Å². The molecule has 1 heterocycles. The standard InChI is InChI=1S/C13H17BrN2O2/c1-9-3-4-11(10(14)7-9)16-8-13(2,5-6-15)18-12(16)17/h3-4,7H,5-6,8,15H2,1-2H3. The summed E-state index contributed by atoms with van der Waals surface area (Å²) in [4.78, 5) is 13.6. The van der Waals surface area contributed by atoms with Crippen molar-refractivity contribution in [2.75, 3.05) is 18.0 Å². The highest BCUT2D eigenvalue weighted by molar-refractivity contribution is 9.10. The smallest absolute Gasteiger partial charge is 0.415 e. The third-order valence-corrected chi connectivity index (χ3v) is 3.75. The Morgan fingerprint density at radius 1 is 1.56 bits per heavy atom. The van der Waals surface area contributed by atoms with E-state index in [0.29, 0.717) is 19.5 Å². The Morgan fingerprint density at radius 3 is 2.89 bits per heavy atom. The van der Waals surface area contributed by atoms with E-state index < -0.39 is 5.60 Å². The van der Waals surface area contributed by atoms with Crippen molar-refractivity contribution in [2.45, 2.75) is 25.9 Å². The summed E-state index contributed by atoms with van der Waals surface area (Å²) in [6.45, 7) is 4.96. The number of carbonyl (C=O) groups excluding carboxylic acids is 1. The normalized spacial score (nSPS) is 23.3. The van der Waals surface area contributed by atoms with E-state index in [1.54, 1.807) is 4.90 Å². The molecule has 5 heteroatoms. The van der Waals surface area contributed by atoms with Gasteiger partial charge in [-0.25, -0.2) is 4.79 Å². The van der Waals surface area contributed by atoms with Crippen LogP contribution in [0.5, 0.6) is 0 Å². The first-order valence-corrected chi connectivity index (χ1v) is 6.71. The number of aryl methyl sites for hydroxylation is 1. The first-order valence-electron chi connectivity index (χ1n) is 5.92. The highest BCUT2D eigenvalue weighted by atomic mass is 79.9. The zero-order valence-corrected chi connectivity index (χ0v) is 12.2. The van der Waals surface area contributed by atoms with Crippen molar-refractivity contribution in [3.8, 4) is 0 Å². The Balaban J connectivity index is 2.27. The molecule has 98 valence electrons. The topological polar surface area (TPSA) is 55.6 Å². The predicted octanol–water partition coefficient (Wildman–Crippen LogP) is 2.82. The minimum atomic E-state index is -0.490. The van der Waals surface area contributed by atoms with Gasteiger partial charge in [-0.1, -0.05) is 6.07 Å². The quantitative estimate of drug-likeness (QED) is 0.933. The van der Waals surface area contributed by atoms with Crippen molar-refractivity contribution < 1.29 is 9.53 Å². The Hall–Kier alpha value is -1.07. The van der Waals surface area contributed by atoms with Crippen LogP contribution in [0.25, 0.3) is 0 Å². The van der Waals surface area contributed by atoms with E-state index in [9.17, 15) is 4.79 Å². The van der Waals surface area contributed by atoms with Crippen LogP contribution in [0.2, 0.25) is 0 Å². The molecule has 4 nitrogen and oxygen atoms in total. The van der Waals surface area contributed by atoms with Gasteiger partial charge in [0.1, 0.15) is 5.60 Å². The zero-order valence-electron chi connectivity index (χ0n) is 10.6. The van der Waals surface area contributed by atoms with Crippen LogP contribution in [0.3, 0.4) is 0 Å². The molecule has 18 heavy (non-hydrogen) atoms. The fourth-order valence-electron chi connectivity index (χ4n) is 2.15. The second-order valence-electron chi connectivity index (χ2n) is 4.90. The molecule has 0 aliphatic carbocycles. The molecule has 0 saturated carbocycles. The van der Waals surface area contributed by atoms with Crippen LogP contribution < -0.4 is 10.6 Å². The van der Waals surface area contributed by atoms with Crippen LogP contribution in [-0.4, -0.2) is 24.8 Å². The molecule has 1 aliphatic rings. The maximum atomic E-state index is 11.9. The molecule has 1 atom stereocenters.